The van der Waals surface area contributed by atoms with Gasteiger partial charge in [-0.2, -0.15) is 0 Å². The molecule has 1 amide bonds. The van der Waals surface area contributed by atoms with Gasteiger partial charge in [0.2, 0.25) is 15.9 Å². The maximum Gasteiger partial charge on any atom is 0.228 e. The first-order valence-electron chi connectivity index (χ1n) is 9.58. The van der Waals surface area contributed by atoms with E-state index in [1.54, 1.807) is 24.3 Å². The Morgan fingerprint density at radius 3 is 2.53 bits per heavy atom. The molecular weight excluding hydrogens is 428 g/mol. The van der Waals surface area contributed by atoms with Crippen molar-refractivity contribution in [3.05, 3.63) is 53.1 Å². The van der Waals surface area contributed by atoms with Gasteiger partial charge >= 0.3 is 0 Å². The third kappa shape index (κ3) is 5.24. The van der Waals surface area contributed by atoms with Crippen molar-refractivity contribution in [2.75, 3.05) is 32.6 Å². The van der Waals surface area contributed by atoms with Crippen LogP contribution >= 0.6 is 11.6 Å². The van der Waals surface area contributed by atoms with Crippen molar-refractivity contribution in [1.29, 1.82) is 0 Å². The summed E-state index contributed by atoms with van der Waals surface area (Å²) < 4.78 is 37.6. The number of hydrogen-bond donors (Lipinski definition) is 1. The van der Waals surface area contributed by atoms with Crippen LogP contribution in [0, 0.1) is 5.92 Å². The lowest BCUT2D eigenvalue weighted by Crippen LogP contribution is -2.44. The number of ether oxygens (including phenoxy) is 2. The van der Waals surface area contributed by atoms with E-state index >= 15 is 0 Å². The third-order valence-corrected chi connectivity index (χ3v) is 7.18. The highest BCUT2D eigenvalue weighted by Crippen LogP contribution is 2.36. The molecule has 1 aliphatic heterocycles. The topological polar surface area (TPSA) is 84.9 Å². The molecule has 162 valence electrons. The largest absolute Gasteiger partial charge is 0.495 e. The van der Waals surface area contributed by atoms with Crippen LogP contribution in [-0.4, -0.2) is 45.9 Å². The Morgan fingerprint density at radius 1 is 1.17 bits per heavy atom. The Labute approximate surface area is 182 Å². The summed E-state index contributed by atoms with van der Waals surface area (Å²) in [7, 11) is -0.553. The van der Waals surface area contributed by atoms with Gasteiger partial charge in [0.25, 0.3) is 0 Å². The second-order valence-electron chi connectivity index (χ2n) is 7.12. The number of carbonyl (C=O) groups excluding carboxylic acids is 1. The summed E-state index contributed by atoms with van der Waals surface area (Å²) in [5.74, 6) is -0.000321. The molecule has 0 spiro atoms. The normalized spacial score (nSPS) is 17.4. The Balaban J connectivity index is 1.72. The van der Waals surface area contributed by atoms with E-state index in [1.807, 2.05) is 18.2 Å². The van der Waals surface area contributed by atoms with Gasteiger partial charge in [-0.25, -0.2) is 12.7 Å². The lowest BCUT2D eigenvalue weighted by molar-refractivity contribution is -0.120. The summed E-state index contributed by atoms with van der Waals surface area (Å²) >= 11 is 6.11. The van der Waals surface area contributed by atoms with Crippen molar-refractivity contribution in [2.45, 2.75) is 18.6 Å². The molecule has 1 saturated heterocycles. The SMILES string of the molecule is COc1cc(NC(=O)C2CCCN(S(=O)(=O)Cc3ccccc3)C2)c(OC)cc1Cl. The average Bonchev–Trinajstić information content (AvgIpc) is 2.75. The van der Waals surface area contributed by atoms with E-state index < -0.39 is 15.9 Å². The standard InChI is InChI=1S/C21H25ClN2O5S/c1-28-19-12-18(20(29-2)11-17(19)22)23-21(25)16-9-6-10-24(13-16)30(26,27)14-15-7-4-3-5-8-15/h3-5,7-8,11-12,16H,6,9-10,13-14H2,1-2H3,(H,23,25). The molecule has 1 N–H and O–H groups in total. The van der Waals surface area contributed by atoms with Gasteiger partial charge in [0.05, 0.1) is 36.6 Å². The van der Waals surface area contributed by atoms with E-state index in [-0.39, 0.29) is 18.2 Å². The smallest absolute Gasteiger partial charge is 0.228 e. The number of halogens is 1. The quantitative estimate of drug-likeness (QED) is 0.694. The van der Waals surface area contributed by atoms with E-state index in [4.69, 9.17) is 21.1 Å². The van der Waals surface area contributed by atoms with Crippen molar-refractivity contribution in [3.8, 4) is 11.5 Å². The number of hydrogen-bond acceptors (Lipinski definition) is 5. The predicted octanol–water partition coefficient (Wildman–Crippen LogP) is 3.54. The van der Waals surface area contributed by atoms with Gasteiger partial charge in [-0.3, -0.25) is 4.79 Å². The number of anilines is 1. The maximum absolute atomic E-state index is 12.9. The number of amides is 1. The molecule has 2 aromatic carbocycles. The second-order valence-corrected chi connectivity index (χ2v) is 9.49. The molecule has 0 bridgehead atoms. The molecule has 3 rings (SSSR count). The molecule has 1 aliphatic rings. The van der Waals surface area contributed by atoms with Crippen LogP contribution in [0.2, 0.25) is 5.02 Å². The molecule has 0 saturated carbocycles. The molecule has 1 atom stereocenters. The highest BCUT2D eigenvalue weighted by atomic mass is 35.5. The lowest BCUT2D eigenvalue weighted by atomic mass is 9.98. The zero-order valence-corrected chi connectivity index (χ0v) is 18.5. The van der Waals surface area contributed by atoms with E-state index in [0.29, 0.717) is 41.6 Å². The van der Waals surface area contributed by atoms with Crippen LogP contribution in [-0.2, 0) is 20.6 Å². The molecule has 0 radical (unpaired) electrons. The third-order valence-electron chi connectivity index (χ3n) is 5.07. The number of piperidine rings is 1. The first-order chi connectivity index (χ1) is 14.3. The fourth-order valence-corrected chi connectivity index (χ4v) is 5.32. The summed E-state index contributed by atoms with van der Waals surface area (Å²) in [4.78, 5) is 12.9. The number of carbonyl (C=O) groups is 1. The number of nitrogens with one attached hydrogen (secondary N) is 1. The van der Waals surface area contributed by atoms with Crippen LogP contribution in [0.15, 0.2) is 42.5 Å². The Hall–Kier alpha value is -2.29. The van der Waals surface area contributed by atoms with Crippen LogP contribution in [0.25, 0.3) is 0 Å². The lowest BCUT2D eigenvalue weighted by Gasteiger charge is -2.31. The van der Waals surface area contributed by atoms with Crippen LogP contribution in [0.4, 0.5) is 5.69 Å². The number of rotatable bonds is 7. The van der Waals surface area contributed by atoms with Crippen LogP contribution in [0.1, 0.15) is 18.4 Å². The molecular formula is C21H25ClN2O5S. The molecule has 7 nitrogen and oxygen atoms in total. The molecule has 9 heteroatoms. The van der Waals surface area contributed by atoms with Crippen LogP contribution in [0.5, 0.6) is 11.5 Å². The molecule has 0 aromatic heterocycles. The van der Waals surface area contributed by atoms with Crippen LogP contribution < -0.4 is 14.8 Å². The van der Waals surface area contributed by atoms with Crippen molar-refractivity contribution in [2.24, 2.45) is 5.92 Å². The van der Waals surface area contributed by atoms with E-state index in [0.717, 1.165) is 5.56 Å². The highest BCUT2D eigenvalue weighted by Gasteiger charge is 2.32. The average molecular weight is 453 g/mol. The highest BCUT2D eigenvalue weighted by molar-refractivity contribution is 7.88. The maximum atomic E-state index is 12.9. The van der Waals surface area contributed by atoms with Crippen molar-refractivity contribution in [3.63, 3.8) is 0 Å². The fraction of sp³-hybridized carbons (Fsp3) is 0.381. The number of nitrogens with zero attached hydrogens (tertiary/aromatic N) is 1. The summed E-state index contributed by atoms with van der Waals surface area (Å²) in [5.41, 5.74) is 1.15. The summed E-state index contributed by atoms with van der Waals surface area (Å²) in [5, 5.41) is 3.19. The Kier molecular flexibility index (Phi) is 7.23. The van der Waals surface area contributed by atoms with Gasteiger partial charge in [-0.15, -0.1) is 0 Å². The van der Waals surface area contributed by atoms with Gasteiger partial charge < -0.3 is 14.8 Å². The zero-order valence-electron chi connectivity index (χ0n) is 16.9. The fourth-order valence-electron chi connectivity index (χ4n) is 3.48. The summed E-state index contributed by atoms with van der Waals surface area (Å²) in [6, 6.07) is 12.2. The zero-order chi connectivity index (χ0) is 21.7. The number of benzene rings is 2. The monoisotopic (exact) mass is 452 g/mol. The summed E-state index contributed by atoms with van der Waals surface area (Å²) in [6.07, 6.45) is 1.23. The van der Waals surface area contributed by atoms with Crippen LogP contribution in [0.3, 0.4) is 0 Å². The van der Waals surface area contributed by atoms with E-state index in [2.05, 4.69) is 5.32 Å². The Morgan fingerprint density at radius 2 is 1.87 bits per heavy atom. The van der Waals surface area contributed by atoms with E-state index in [9.17, 15) is 13.2 Å². The van der Waals surface area contributed by atoms with Crippen molar-refractivity contribution >= 4 is 33.2 Å². The molecule has 30 heavy (non-hydrogen) atoms. The van der Waals surface area contributed by atoms with E-state index in [1.165, 1.54) is 18.5 Å². The second kappa shape index (κ2) is 9.68. The van der Waals surface area contributed by atoms with Gasteiger partial charge in [-0.1, -0.05) is 41.9 Å². The number of methoxy groups -OCH3 is 2. The Bertz CT molecular complexity index is 998. The van der Waals surface area contributed by atoms with Crippen molar-refractivity contribution in [1.82, 2.24) is 4.31 Å². The molecule has 2 aromatic rings. The molecule has 0 aliphatic carbocycles. The van der Waals surface area contributed by atoms with Gasteiger partial charge in [-0.05, 0) is 18.4 Å². The van der Waals surface area contributed by atoms with Gasteiger partial charge in [0, 0.05) is 25.2 Å². The minimum absolute atomic E-state index is 0.0790. The molecule has 1 heterocycles. The van der Waals surface area contributed by atoms with Crippen molar-refractivity contribution < 1.29 is 22.7 Å². The first-order valence-corrected chi connectivity index (χ1v) is 11.6. The molecule has 1 fully saturated rings. The molecule has 1 unspecified atom stereocenters. The predicted molar refractivity (Wildman–Crippen MR) is 117 cm³/mol. The van der Waals surface area contributed by atoms with Gasteiger partial charge in [0.1, 0.15) is 11.5 Å². The van der Waals surface area contributed by atoms with Gasteiger partial charge in [0.15, 0.2) is 0 Å². The minimum atomic E-state index is -3.51. The summed E-state index contributed by atoms with van der Waals surface area (Å²) in [6.45, 7) is 0.561. The minimum Gasteiger partial charge on any atom is -0.495 e. The first kappa shape index (κ1) is 22.4. The number of sulfonamides is 1.